The first kappa shape index (κ1) is 15.8. The van der Waals surface area contributed by atoms with Crippen LogP contribution in [0.5, 0.6) is 0 Å². The molecule has 3 fully saturated rings. The maximum Gasteiger partial charge on any atom is 0.0235 e. The fourth-order valence-corrected chi connectivity index (χ4v) is 5.13. The van der Waals surface area contributed by atoms with Crippen LogP contribution in [-0.4, -0.2) is 54.1 Å². The van der Waals surface area contributed by atoms with Gasteiger partial charge in [0.05, 0.1) is 0 Å². The zero-order chi connectivity index (χ0) is 15.0. The topological polar surface area (TPSA) is 32.5 Å². The second-order valence-electron chi connectivity index (χ2n) is 8.76. The van der Waals surface area contributed by atoms with Crippen LogP contribution in [-0.2, 0) is 0 Å². The normalized spacial score (nSPS) is 39.7. The fourth-order valence-electron chi connectivity index (χ4n) is 5.13. The van der Waals surface area contributed by atoms with Crippen LogP contribution in [0.25, 0.3) is 0 Å². The molecule has 1 aliphatic carbocycles. The van der Waals surface area contributed by atoms with Gasteiger partial charge in [0.2, 0.25) is 0 Å². The Morgan fingerprint density at radius 3 is 2.29 bits per heavy atom. The third-order valence-corrected chi connectivity index (χ3v) is 6.40. The van der Waals surface area contributed by atoms with E-state index in [4.69, 9.17) is 5.73 Å². The number of piperidine rings is 1. The molecule has 21 heavy (non-hydrogen) atoms. The highest BCUT2D eigenvalue weighted by Crippen LogP contribution is 2.41. The predicted molar refractivity (Wildman–Crippen MR) is 89.3 cm³/mol. The number of nitrogens with zero attached hydrogens (tertiary/aromatic N) is 2. The molecular formula is C18H35N3. The summed E-state index contributed by atoms with van der Waals surface area (Å²) in [6, 6.07) is 2.11. The zero-order valence-corrected chi connectivity index (χ0v) is 14.4. The van der Waals surface area contributed by atoms with Crippen molar-refractivity contribution in [1.82, 2.24) is 9.80 Å². The molecule has 3 nitrogen and oxygen atoms in total. The summed E-state index contributed by atoms with van der Waals surface area (Å²) < 4.78 is 0. The van der Waals surface area contributed by atoms with E-state index in [-0.39, 0.29) is 0 Å². The van der Waals surface area contributed by atoms with Crippen molar-refractivity contribution in [3.63, 3.8) is 0 Å². The van der Waals surface area contributed by atoms with Crippen molar-refractivity contribution < 1.29 is 0 Å². The van der Waals surface area contributed by atoms with E-state index in [0.29, 0.717) is 11.5 Å². The smallest absolute Gasteiger partial charge is 0.0235 e. The lowest BCUT2D eigenvalue weighted by molar-refractivity contribution is 0.0668. The first-order valence-electron chi connectivity index (χ1n) is 9.18. The third-order valence-electron chi connectivity index (χ3n) is 6.40. The van der Waals surface area contributed by atoms with Crippen molar-refractivity contribution in [2.24, 2.45) is 17.1 Å². The first-order chi connectivity index (χ1) is 9.94. The summed E-state index contributed by atoms with van der Waals surface area (Å²) in [6.07, 6.45) is 7.99. The van der Waals surface area contributed by atoms with E-state index >= 15 is 0 Å². The van der Waals surface area contributed by atoms with Gasteiger partial charge in [-0.15, -0.1) is 0 Å². The number of rotatable bonds is 2. The SMILES string of the molecule is CC1CC(C)(C)CCC1N1CCC(N2CCC(N)CC2)C1. The Morgan fingerprint density at radius 1 is 0.952 bits per heavy atom. The van der Waals surface area contributed by atoms with Gasteiger partial charge in [-0.25, -0.2) is 0 Å². The molecule has 2 heterocycles. The molecule has 0 aromatic carbocycles. The molecule has 3 heteroatoms. The second kappa shape index (κ2) is 6.17. The van der Waals surface area contributed by atoms with Crippen molar-refractivity contribution in [2.45, 2.75) is 77.4 Å². The maximum absolute atomic E-state index is 6.05. The molecule has 0 bridgehead atoms. The minimum absolute atomic E-state index is 0.458. The van der Waals surface area contributed by atoms with Gasteiger partial charge in [0, 0.05) is 31.2 Å². The summed E-state index contributed by atoms with van der Waals surface area (Å²) in [6.45, 7) is 12.5. The second-order valence-corrected chi connectivity index (χ2v) is 8.76. The maximum atomic E-state index is 6.05. The van der Waals surface area contributed by atoms with E-state index in [1.165, 1.54) is 64.7 Å². The molecule has 3 aliphatic rings. The monoisotopic (exact) mass is 293 g/mol. The van der Waals surface area contributed by atoms with Crippen LogP contribution in [0.15, 0.2) is 0 Å². The van der Waals surface area contributed by atoms with E-state index in [9.17, 15) is 0 Å². The van der Waals surface area contributed by atoms with Gasteiger partial charge in [-0.2, -0.15) is 0 Å². The van der Waals surface area contributed by atoms with Crippen LogP contribution in [0.4, 0.5) is 0 Å². The summed E-state index contributed by atoms with van der Waals surface area (Å²) in [5.41, 5.74) is 6.61. The minimum atomic E-state index is 0.458. The van der Waals surface area contributed by atoms with Crippen LogP contribution in [0.2, 0.25) is 0 Å². The quantitative estimate of drug-likeness (QED) is 0.849. The Morgan fingerprint density at radius 2 is 1.62 bits per heavy atom. The lowest BCUT2D eigenvalue weighted by Gasteiger charge is -2.43. The van der Waals surface area contributed by atoms with Crippen LogP contribution in [0.3, 0.4) is 0 Å². The Kier molecular flexibility index (Phi) is 4.63. The first-order valence-corrected chi connectivity index (χ1v) is 9.18. The molecule has 0 aromatic rings. The van der Waals surface area contributed by atoms with Gasteiger partial charge in [0.15, 0.2) is 0 Å². The van der Waals surface area contributed by atoms with Crippen LogP contribution in [0, 0.1) is 11.3 Å². The van der Waals surface area contributed by atoms with Crippen LogP contribution in [0.1, 0.15) is 59.3 Å². The number of hydrogen-bond acceptors (Lipinski definition) is 3. The van der Waals surface area contributed by atoms with Crippen molar-refractivity contribution >= 4 is 0 Å². The molecule has 2 N–H and O–H groups in total. The number of hydrogen-bond donors (Lipinski definition) is 1. The van der Waals surface area contributed by atoms with E-state index in [2.05, 4.69) is 30.6 Å². The van der Waals surface area contributed by atoms with Crippen LogP contribution < -0.4 is 5.73 Å². The molecule has 0 aromatic heterocycles. The number of likely N-dealkylation sites (tertiary alicyclic amines) is 2. The van der Waals surface area contributed by atoms with E-state index in [0.717, 1.165) is 18.0 Å². The zero-order valence-electron chi connectivity index (χ0n) is 14.4. The summed E-state index contributed by atoms with van der Waals surface area (Å²) in [5, 5.41) is 0. The Balaban J connectivity index is 1.52. The molecule has 0 radical (unpaired) electrons. The molecule has 1 saturated carbocycles. The lowest BCUT2D eigenvalue weighted by atomic mass is 9.70. The van der Waals surface area contributed by atoms with Crippen molar-refractivity contribution in [2.75, 3.05) is 26.2 Å². The molecule has 2 saturated heterocycles. The van der Waals surface area contributed by atoms with Gasteiger partial charge >= 0.3 is 0 Å². The highest BCUT2D eigenvalue weighted by atomic mass is 15.3. The molecule has 0 spiro atoms. The average Bonchev–Trinajstić information content (AvgIpc) is 2.88. The van der Waals surface area contributed by atoms with E-state index < -0.39 is 0 Å². The van der Waals surface area contributed by atoms with Gasteiger partial charge in [0.25, 0.3) is 0 Å². The van der Waals surface area contributed by atoms with E-state index in [1.807, 2.05) is 0 Å². The molecule has 3 unspecified atom stereocenters. The average molecular weight is 293 g/mol. The number of nitrogens with two attached hydrogens (primary N) is 1. The summed E-state index contributed by atoms with van der Waals surface area (Å²) >= 11 is 0. The largest absolute Gasteiger partial charge is 0.328 e. The Hall–Kier alpha value is -0.120. The summed E-state index contributed by atoms with van der Waals surface area (Å²) in [7, 11) is 0. The summed E-state index contributed by atoms with van der Waals surface area (Å²) in [4.78, 5) is 5.54. The fraction of sp³-hybridized carbons (Fsp3) is 1.00. The molecule has 3 rings (SSSR count). The highest BCUT2D eigenvalue weighted by Gasteiger charge is 2.39. The standard InChI is InChI=1S/C18H35N3/c1-14-12-18(2,3)8-4-17(14)21-11-7-16(13-21)20-9-5-15(19)6-10-20/h14-17H,4-13,19H2,1-3H3. The van der Waals surface area contributed by atoms with Gasteiger partial charge in [0.1, 0.15) is 0 Å². The van der Waals surface area contributed by atoms with Gasteiger partial charge in [-0.1, -0.05) is 20.8 Å². The van der Waals surface area contributed by atoms with Crippen LogP contribution >= 0.6 is 0 Å². The van der Waals surface area contributed by atoms with E-state index in [1.54, 1.807) is 0 Å². The molecule has 122 valence electrons. The molecular weight excluding hydrogens is 258 g/mol. The van der Waals surface area contributed by atoms with Gasteiger partial charge in [-0.05, 0) is 62.9 Å². The lowest BCUT2D eigenvalue weighted by Crippen LogP contribution is -2.48. The van der Waals surface area contributed by atoms with Crippen molar-refractivity contribution in [3.8, 4) is 0 Å². The molecule has 3 atom stereocenters. The highest BCUT2D eigenvalue weighted by molar-refractivity contribution is 4.94. The van der Waals surface area contributed by atoms with Gasteiger partial charge < -0.3 is 5.73 Å². The third kappa shape index (κ3) is 3.62. The molecule has 2 aliphatic heterocycles. The minimum Gasteiger partial charge on any atom is -0.328 e. The molecule has 0 amide bonds. The Labute approximate surface area is 131 Å². The summed E-state index contributed by atoms with van der Waals surface area (Å²) in [5.74, 6) is 0.863. The predicted octanol–water partition coefficient (Wildman–Crippen LogP) is 2.70. The van der Waals surface area contributed by atoms with Crippen molar-refractivity contribution in [3.05, 3.63) is 0 Å². The Bertz CT molecular complexity index is 346. The van der Waals surface area contributed by atoms with Crippen molar-refractivity contribution in [1.29, 1.82) is 0 Å². The van der Waals surface area contributed by atoms with Gasteiger partial charge in [-0.3, -0.25) is 9.80 Å².